The zero-order valence-corrected chi connectivity index (χ0v) is 17.3. The van der Waals surface area contributed by atoms with Gasteiger partial charge in [-0.2, -0.15) is 0 Å². The predicted molar refractivity (Wildman–Crippen MR) is 117 cm³/mol. The maximum Gasteiger partial charge on any atom is 0.295 e. The highest BCUT2D eigenvalue weighted by atomic mass is 16.2. The summed E-state index contributed by atoms with van der Waals surface area (Å²) in [5.41, 5.74) is 4.00. The lowest BCUT2D eigenvalue weighted by atomic mass is 10.1. The molecule has 2 amide bonds. The van der Waals surface area contributed by atoms with Crippen LogP contribution in [0.1, 0.15) is 34.3 Å². The number of hydrogen-bond acceptors (Lipinski definition) is 3. The minimum absolute atomic E-state index is 0.0546. The van der Waals surface area contributed by atoms with Crippen LogP contribution in [0.4, 0.5) is 5.69 Å². The van der Waals surface area contributed by atoms with Crippen LogP contribution in [0, 0.1) is 13.8 Å². The number of ketones is 1. The lowest BCUT2D eigenvalue weighted by molar-refractivity contribution is -0.125. The Morgan fingerprint density at radius 3 is 2.47 bits per heavy atom. The number of aryl methyl sites for hydroxylation is 2. The largest absolute Gasteiger partial charge is 0.337 e. The van der Waals surface area contributed by atoms with Crippen LogP contribution in [0.2, 0.25) is 0 Å². The van der Waals surface area contributed by atoms with Crippen molar-refractivity contribution in [2.75, 3.05) is 18.4 Å². The molecule has 0 spiro atoms. The average Bonchev–Trinajstić information content (AvgIpc) is 3.38. The Labute approximate surface area is 175 Å². The van der Waals surface area contributed by atoms with Gasteiger partial charge in [0.05, 0.1) is 5.56 Å². The molecule has 4 rings (SSSR count). The first-order chi connectivity index (χ1) is 14.4. The number of aromatic nitrogens is 1. The van der Waals surface area contributed by atoms with Gasteiger partial charge in [-0.1, -0.05) is 35.9 Å². The molecule has 0 atom stereocenters. The fourth-order valence-corrected chi connectivity index (χ4v) is 4.04. The van der Waals surface area contributed by atoms with Gasteiger partial charge in [0, 0.05) is 35.9 Å². The number of likely N-dealkylation sites (tertiary alicyclic amines) is 1. The maximum absolute atomic E-state index is 12.9. The van der Waals surface area contributed by atoms with Gasteiger partial charge < -0.3 is 14.8 Å². The number of carbonyl (C=O) groups is 3. The van der Waals surface area contributed by atoms with Gasteiger partial charge in [-0.25, -0.2) is 0 Å². The number of amides is 2. The van der Waals surface area contributed by atoms with E-state index in [1.54, 1.807) is 15.7 Å². The van der Waals surface area contributed by atoms with Crippen molar-refractivity contribution in [3.63, 3.8) is 0 Å². The quantitative estimate of drug-likeness (QED) is 0.522. The monoisotopic (exact) mass is 403 g/mol. The summed E-state index contributed by atoms with van der Waals surface area (Å²) in [4.78, 5) is 39.8. The Kier molecular flexibility index (Phi) is 5.40. The molecule has 1 saturated heterocycles. The maximum atomic E-state index is 12.9. The zero-order chi connectivity index (χ0) is 21.3. The van der Waals surface area contributed by atoms with E-state index >= 15 is 0 Å². The molecule has 1 aliphatic heterocycles. The SMILES string of the molecule is Cc1ccc(NC(=O)Cn2cc(C(=O)C(=O)N3CCCC3)c3ccccc32)c(C)c1. The van der Waals surface area contributed by atoms with Gasteiger partial charge in [-0.3, -0.25) is 14.4 Å². The second-order valence-corrected chi connectivity index (χ2v) is 7.88. The number of hydrogen-bond donors (Lipinski definition) is 1. The van der Waals surface area contributed by atoms with Gasteiger partial charge >= 0.3 is 0 Å². The van der Waals surface area contributed by atoms with Crippen LogP contribution >= 0.6 is 0 Å². The van der Waals surface area contributed by atoms with Gasteiger partial charge in [0.2, 0.25) is 5.91 Å². The van der Waals surface area contributed by atoms with E-state index in [1.165, 1.54) is 0 Å². The highest BCUT2D eigenvalue weighted by molar-refractivity contribution is 6.44. The first kappa shape index (κ1) is 19.9. The summed E-state index contributed by atoms with van der Waals surface area (Å²) in [6.45, 7) is 5.27. The van der Waals surface area contributed by atoms with E-state index < -0.39 is 11.7 Å². The molecule has 2 aromatic carbocycles. The topological polar surface area (TPSA) is 71.4 Å². The summed E-state index contributed by atoms with van der Waals surface area (Å²) in [5.74, 6) is -1.16. The van der Waals surface area contributed by atoms with Crippen molar-refractivity contribution in [3.8, 4) is 0 Å². The van der Waals surface area contributed by atoms with Crippen molar-refractivity contribution < 1.29 is 14.4 Å². The summed E-state index contributed by atoms with van der Waals surface area (Å²) in [6, 6.07) is 13.2. The molecule has 0 aliphatic carbocycles. The minimum atomic E-state index is -0.512. The van der Waals surface area contributed by atoms with E-state index in [0.717, 1.165) is 35.2 Å². The summed E-state index contributed by atoms with van der Waals surface area (Å²) >= 11 is 0. The summed E-state index contributed by atoms with van der Waals surface area (Å²) in [6.07, 6.45) is 3.49. The van der Waals surface area contributed by atoms with E-state index in [0.29, 0.717) is 24.0 Å². The molecule has 6 heteroatoms. The number of fused-ring (bicyclic) bond motifs is 1. The smallest absolute Gasteiger partial charge is 0.295 e. The highest BCUT2D eigenvalue weighted by Crippen LogP contribution is 2.24. The van der Waals surface area contributed by atoms with Crippen molar-refractivity contribution in [2.24, 2.45) is 0 Å². The van der Waals surface area contributed by atoms with Gasteiger partial charge in [-0.05, 0) is 44.4 Å². The van der Waals surface area contributed by atoms with Crippen LogP contribution in [0.15, 0.2) is 48.7 Å². The zero-order valence-electron chi connectivity index (χ0n) is 17.3. The number of rotatable bonds is 5. The van der Waals surface area contributed by atoms with Crippen molar-refractivity contribution in [1.82, 2.24) is 9.47 Å². The van der Waals surface area contributed by atoms with E-state index in [1.807, 2.05) is 56.3 Å². The third-order valence-corrected chi connectivity index (χ3v) is 5.59. The molecule has 30 heavy (non-hydrogen) atoms. The standard InChI is InChI=1S/C24H25N3O3/c1-16-9-10-20(17(2)13-16)25-22(28)15-27-14-19(18-7-3-4-8-21(18)27)23(29)24(30)26-11-5-6-12-26/h3-4,7-10,13-14H,5-6,11-12,15H2,1-2H3,(H,25,28). The lowest BCUT2D eigenvalue weighted by Gasteiger charge is -2.13. The number of Topliss-reactive ketones (excluding diaryl/α,β-unsaturated/α-hetero) is 1. The third kappa shape index (κ3) is 3.85. The third-order valence-electron chi connectivity index (χ3n) is 5.59. The Hall–Kier alpha value is -3.41. The van der Waals surface area contributed by atoms with E-state index in [4.69, 9.17) is 0 Å². The molecule has 1 aliphatic rings. The Morgan fingerprint density at radius 2 is 1.73 bits per heavy atom. The molecule has 0 unspecified atom stereocenters. The molecule has 0 bridgehead atoms. The number of benzene rings is 2. The van der Waals surface area contributed by atoms with Crippen LogP contribution in [-0.2, 0) is 16.1 Å². The van der Waals surface area contributed by atoms with Gasteiger partial charge in [-0.15, -0.1) is 0 Å². The minimum Gasteiger partial charge on any atom is -0.337 e. The molecule has 2 heterocycles. The van der Waals surface area contributed by atoms with Gasteiger partial charge in [0.1, 0.15) is 6.54 Å². The fourth-order valence-electron chi connectivity index (χ4n) is 4.04. The van der Waals surface area contributed by atoms with Gasteiger partial charge in [0.25, 0.3) is 11.7 Å². The molecule has 6 nitrogen and oxygen atoms in total. The van der Waals surface area contributed by atoms with Crippen molar-refractivity contribution >= 4 is 34.2 Å². The van der Waals surface area contributed by atoms with E-state index in [9.17, 15) is 14.4 Å². The second kappa shape index (κ2) is 8.14. The van der Waals surface area contributed by atoms with Crippen molar-refractivity contribution in [2.45, 2.75) is 33.2 Å². The lowest BCUT2D eigenvalue weighted by Crippen LogP contribution is -2.34. The fraction of sp³-hybridized carbons (Fsp3) is 0.292. The summed E-state index contributed by atoms with van der Waals surface area (Å²) in [7, 11) is 0. The van der Waals surface area contributed by atoms with Crippen LogP contribution in [0.25, 0.3) is 10.9 Å². The first-order valence-electron chi connectivity index (χ1n) is 10.2. The molecule has 1 N–H and O–H groups in total. The molecular formula is C24H25N3O3. The van der Waals surface area contributed by atoms with Crippen LogP contribution < -0.4 is 5.32 Å². The number of nitrogens with zero attached hydrogens (tertiary/aromatic N) is 2. The molecule has 1 fully saturated rings. The van der Waals surface area contributed by atoms with Crippen LogP contribution in [0.5, 0.6) is 0 Å². The van der Waals surface area contributed by atoms with E-state index in [-0.39, 0.29) is 12.5 Å². The highest BCUT2D eigenvalue weighted by Gasteiger charge is 2.28. The number of anilines is 1. The van der Waals surface area contributed by atoms with Crippen LogP contribution in [0.3, 0.4) is 0 Å². The number of nitrogens with one attached hydrogen (secondary N) is 1. The van der Waals surface area contributed by atoms with Crippen LogP contribution in [-0.4, -0.2) is 40.2 Å². The molecule has 3 aromatic rings. The molecule has 154 valence electrons. The molecular weight excluding hydrogens is 378 g/mol. The first-order valence-corrected chi connectivity index (χ1v) is 10.2. The molecule has 0 radical (unpaired) electrons. The average molecular weight is 403 g/mol. The summed E-state index contributed by atoms with van der Waals surface area (Å²) in [5, 5.41) is 3.63. The van der Waals surface area contributed by atoms with Crippen molar-refractivity contribution in [1.29, 1.82) is 0 Å². The normalized spacial score (nSPS) is 13.6. The Bertz CT molecular complexity index is 1140. The second-order valence-electron chi connectivity index (χ2n) is 7.88. The number of para-hydroxylation sites is 1. The van der Waals surface area contributed by atoms with Crippen molar-refractivity contribution in [3.05, 3.63) is 65.4 Å². The van der Waals surface area contributed by atoms with Gasteiger partial charge in [0.15, 0.2) is 0 Å². The molecule has 1 aromatic heterocycles. The predicted octanol–water partition coefficient (Wildman–Crippen LogP) is 3.70. The number of carbonyl (C=O) groups excluding carboxylic acids is 3. The Morgan fingerprint density at radius 1 is 1.00 bits per heavy atom. The molecule has 0 saturated carbocycles. The van der Waals surface area contributed by atoms with E-state index in [2.05, 4.69) is 5.32 Å². The summed E-state index contributed by atoms with van der Waals surface area (Å²) < 4.78 is 1.73. The Balaban J connectivity index is 1.59.